The van der Waals surface area contributed by atoms with Gasteiger partial charge in [-0.25, -0.2) is 0 Å². The zero-order valence-corrected chi connectivity index (χ0v) is 14.3. The Hall–Kier alpha value is -2.49. The van der Waals surface area contributed by atoms with E-state index in [9.17, 15) is 4.79 Å². The zero-order valence-electron chi connectivity index (χ0n) is 14.3. The van der Waals surface area contributed by atoms with Gasteiger partial charge in [-0.3, -0.25) is 4.79 Å². The number of hydrogen-bond donors (Lipinski definition) is 0. The summed E-state index contributed by atoms with van der Waals surface area (Å²) < 4.78 is 16.8. The fourth-order valence-corrected chi connectivity index (χ4v) is 2.26. The number of benzene rings is 2. The molecule has 0 radical (unpaired) electrons. The molecular weight excluding hydrogens is 304 g/mol. The van der Waals surface area contributed by atoms with Gasteiger partial charge in [0.1, 0.15) is 12.0 Å². The number of rotatable bonds is 10. The van der Waals surface area contributed by atoms with Gasteiger partial charge in [-0.2, -0.15) is 0 Å². The van der Waals surface area contributed by atoms with Gasteiger partial charge in [0.2, 0.25) is 0 Å². The number of carbonyl (C=O) groups excluding carboxylic acids is 1. The molecule has 2 rings (SSSR count). The summed E-state index contributed by atoms with van der Waals surface area (Å²) in [6.45, 7) is 3.25. The standard InChI is InChI=1S/C20H24O4/c1-3-4-11-23-20-14-17(15-21)8-9-19(20)24-12-10-16-6-5-7-18(13-16)22-2/h5-9,13-15H,3-4,10-12H2,1-2H3. The van der Waals surface area contributed by atoms with Crippen LogP contribution in [0.25, 0.3) is 0 Å². The molecule has 2 aromatic carbocycles. The predicted octanol–water partition coefficient (Wildman–Crippen LogP) is 4.31. The smallest absolute Gasteiger partial charge is 0.161 e. The molecule has 0 bridgehead atoms. The minimum absolute atomic E-state index is 0.526. The molecule has 0 aliphatic carbocycles. The fourth-order valence-electron chi connectivity index (χ4n) is 2.26. The Morgan fingerprint density at radius 1 is 1.00 bits per heavy atom. The van der Waals surface area contributed by atoms with Crippen molar-refractivity contribution in [2.75, 3.05) is 20.3 Å². The van der Waals surface area contributed by atoms with Crippen LogP contribution in [0.4, 0.5) is 0 Å². The first-order valence-corrected chi connectivity index (χ1v) is 8.24. The van der Waals surface area contributed by atoms with Crippen LogP contribution in [0.2, 0.25) is 0 Å². The zero-order chi connectivity index (χ0) is 17.2. The predicted molar refractivity (Wildman–Crippen MR) is 94.4 cm³/mol. The largest absolute Gasteiger partial charge is 0.497 e. The first-order valence-electron chi connectivity index (χ1n) is 8.24. The third kappa shape index (κ3) is 5.30. The molecule has 0 unspecified atom stereocenters. The average molecular weight is 328 g/mol. The number of carbonyl (C=O) groups is 1. The van der Waals surface area contributed by atoms with Gasteiger partial charge in [-0.1, -0.05) is 25.5 Å². The molecule has 0 fully saturated rings. The van der Waals surface area contributed by atoms with Crippen molar-refractivity contribution < 1.29 is 19.0 Å². The summed E-state index contributed by atoms with van der Waals surface area (Å²) in [4.78, 5) is 11.0. The van der Waals surface area contributed by atoms with Crippen molar-refractivity contribution >= 4 is 6.29 Å². The van der Waals surface area contributed by atoms with Gasteiger partial charge in [-0.05, 0) is 42.3 Å². The van der Waals surface area contributed by atoms with Crippen molar-refractivity contribution in [1.29, 1.82) is 0 Å². The van der Waals surface area contributed by atoms with Gasteiger partial charge < -0.3 is 14.2 Å². The maximum atomic E-state index is 11.0. The minimum Gasteiger partial charge on any atom is -0.497 e. The van der Waals surface area contributed by atoms with Gasteiger partial charge in [0.05, 0.1) is 20.3 Å². The summed E-state index contributed by atoms with van der Waals surface area (Å²) in [6, 6.07) is 13.2. The van der Waals surface area contributed by atoms with Gasteiger partial charge in [0, 0.05) is 12.0 Å². The van der Waals surface area contributed by atoms with Crippen LogP contribution < -0.4 is 14.2 Å². The maximum Gasteiger partial charge on any atom is 0.161 e. The summed E-state index contributed by atoms with van der Waals surface area (Å²) in [5, 5.41) is 0. The molecule has 0 aliphatic heterocycles. The van der Waals surface area contributed by atoms with E-state index in [1.165, 1.54) is 0 Å². The molecule has 0 atom stereocenters. The second kappa shape index (κ2) is 9.60. The van der Waals surface area contributed by atoms with Gasteiger partial charge >= 0.3 is 0 Å². The monoisotopic (exact) mass is 328 g/mol. The van der Waals surface area contributed by atoms with Crippen molar-refractivity contribution in [2.45, 2.75) is 26.2 Å². The van der Waals surface area contributed by atoms with Crippen molar-refractivity contribution in [3.63, 3.8) is 0 Å². The molecule has 0 heterocycles. The highest BCUT2D eigenvalue weighted by Gasteiger charge is 2.07. The highest BCUT2D eigenvalue weighted by molar-refractivity contribution is 5.76. The Bertz CT molecular complexity index is 652. The molecule has 4 nitrogen and oxygen atoms in total. The van der Waals surface area contributed by atoms with Crippen molar-refractivity contribution in [3.05, 3.63) is 53.6 Å². The lowest BCUT2D eigenvalue weighted by Crippen LogP contribution is -2.05. The lowest BCUT2D eigenvalue weighted by molar-refractivity contribution is 0.112. The molecule has 0 saturated heterocycles. The van der Waals surface area contributed by atoms with Crippen LogP contribution in [0.15, 0.2) is 42.5 Å². The quantitative estimate of drug-likeness (QED) is 0.481. The molecular formula is C20H24O4. The van der Waals surface area contributed by atoms with E-state index in [0.29, 0.717) is 30.3 Å². The van der Waals surface area contributed by atoms with E-state index in [0.717, 1.165) is 36.9 Å². The lowest BCUT2D eigenvalue weighted by atomic mass is 10.1. The van der Waals surface area contributed by atoms with Crippen LogP contribution in [-0.2, 0) is 6.42 Å². The van der Waals surface area contributed by atoms with E-state index in [1.54, 1.807) is 25.3 Å². The summed E-state index contributed by atoms with van der Waals surface area (Å²) >= 11 is 0. The Balaban J connectivity index is 1.98. The van der Waals surface area contributed by atoms with Crippen molar-refractivity contribution in [2.24, 2.45) is 0 Å². The summed E-state index contributed by atoms with van der Waals surface area (Å²) in [7, 11) is 1.66. The molecule has 0 amide bonds. The first-order chi connectivity index (χ1) is 11.8. The Labute approximate surface area is 143 Å². The average Bonchev–Trinajstić information content (AvgIpc) is 2.63. The van der Waals surface area contributed by atoms with Crippen LogP contribution in [0.3, 0.4) is 0 Å². The number of hydrogen-bond acceptors (Lipinski definition) is 4. The Morgan fingerprint density at radius 3 is 2.58 bits per heavy atom. The number of methoxy groups -OCH3 is 1. The normalized spacial score (nSPS) is 10.2. The van der Waals surface area contributed by atoms with E-state index in [-0.39, 0.29) is 0 Å². The number of ether oxygens (including phenoxy) is 3. The van der Waals surface area contributed by atoms with Crippen LogP contribution in [0.5, 0.6) is 17.2 Å². The molecule has 24 heavy (non-hydrogen) atoms. The summed E-state index contributed by atoms with van der Waals surface area (Å²) in [5.41, 5.74) is 1.73. The highest BCUT2D eigenvalue weighted by atomic mass is 16.5. The first kappa shape index (κ1) is 17.9. The fraction of sp³-hybridized carbons (Fsp3) is 0.350. The van der Waals surface area contributed by atoms with Gasteiger partial charge in [-0.15, -0.1) is 0 Å². The summed E-state index contributed by atoms with van der Waals surface area (Å²) in [5.74, 6) is 2.13. The molecule has 2 aromatic rings. The second-order valence-electron chi connectivity index (χ2n) is 5.48. The van der Waals surface area contributed by atoms with Gasteiger partial charge in [0.15, 0.2) is 11.5 Å². The third-order valence-electron chi connectivity index (χ3n) is 3.64. The molecule has 128 valence electrons. The molecule has 0 aromatic heterocycles. The summed E-state index contributed by atoms with van der Waals surface area (Å²) in [6.07, 6.45) is 3.60. The van der Waals surface area contributed by atoms with Gasteiger partial charge in [0.25, 0.3) is 0 Å². The van der Waals surface area contributed by atoms with Crippen LogP contribution in [0.1, 0.15) is 35.7 Å². The molecule has 4 heteroatoms. The van der Waals surface area contributed by atoms with E-state index in [1.807, 2.05) is 24.3 Å². The highest BCUT2D eigenvalue weighted by Crippen LogP contribution is 2.28. The van der Waals surface area contributed by atoms with E-state index in [2.05, 4.69) is 6.92 Å². The SMILES string of the molecule is CCCCOc1cc(C=O)ccc1OCCc1cccc(OC)c1. The lowest BCUT2D eigenvalue weighted by Gasteiger charge is -2.13. The number of aldehydes is 1. The minimum atomic E-state index is 0.526. The van der Waals surface area contributed by atoms with E-state index in [4.69, 9.17) is 14.2 Å². The Morgan fingerprint density at radius 2 is 1.83 bits per heavy atom. The van der Waals surface area contributed by atoms with Crippen LogP contribution >= 0.6 is 0 Å². The molecule has 0 N–H and O–H groups in total. The molecule has 0 spiro atoms. The van der Waals surface area contributed by atoms with E-state index >= 15 is 0 Å². The maximum absolute atomic E-state index is 11.0. The van der Waals surface area contributed by atoms with Crippen LogP contribution in [-0.4, -0.2) is 26.6 Å². The number of unbranched alkanes of at least 4 members (excludes halogenated alkanes) is 1. The Kier molecular flexibility index (Phi) is 7.15. The second-order valence-corrected chi connectivity index (χ2v) is 5.48. The molecule has 0 aliphatic rings. The van der Waals surface area contributed by atoms with Crippen LogP contribution in [0, 0.1) is 0 Å². The molecule has 0 saturated carbocycles. The van der Waals surface area contributed by atoms with E-state index < -0.39 is 0 Å². The van der Waals surface area contributed by atoms with Crippen molar-refractivity contribution in [1.82, 2.24) is 0 Å². The third-order valence-corrected chi connectivity index (χ3v) is 3.64. The van der Waals surface area contributed by atoms with Crippen molar-refractivity contribution in [3.8, 4) is 17.2 Å². The topological polar surface area (TPSA) is 44.8 Å².